The molecule has 3 aromatic rings. The van der Waals surface area contributed by atoms with Gasteiger partial charge in [0.05, 0.1) is 32.0 Å². The van der Waals surface area contributed by atoms with Gasteiger partial charge in [-0.05, 0) is 79.6 Å². The van der Waals surface area contributed by atoms with E-state index in [0.29, 0.717) is 53.6 Å². The first-order valence-electron chi connectivity index (χ1n) is 16.2. The lowest BCUT2D eigenvalue weighted by Crippen LogP contribution is -2.12. The summed E-state index contributed by atoms with van der Waals surface area (Å²) in [5, 5.41) is 0. The zero-order valence-corrected chi connectivity index (χ0v) is 28.8. The molecule has 3 aromatic carbocycles. The summed E-state index contributed by atoms with van der Waals surface area (Å²) in [4.78, 5) is 47.5. The Morgan fingerprint density at radius 2 is 1.24 bits per heavy atom. The Morgan fingerprint density at radius 3 is 1.84 bits per heavy atom. The van der Waals surface area contributed by atoms with Crippen molar-refractivity contribution < 1.29 is 57.1 Å². The van der Waals surface area contributed by atoms with Crippen LogP contribution in [0.15, 0.2) is 98.1 Å². The normalized spacial score (nSPS) is 10.2. The maximum absolute atomic E-state index is 13.2. The van der Waals surface area contributed by atoms with Gasteiger partial charge in [0.1, 0.15) is 23.0 Å². The second-order valence-electron chi connectivity index (χ2n) is 10.8. The number of hydrogen-bond acceptors (Lipinski definition) is 12. The Bertz CT molecular complexity index is 1680. The molecule has 0 N–H and O–H groups in total. The van der Waals surface area contributed by atoms with Crippen molar-refractivity contribution in [1.82, 2.24) is 0 Å². The second-order valence-corrected chi connectivity index (χ2v) is 10.8. The lowest BCUT2D eigenvalue weighted by atomic mass is 10.1. The van der Waals surface area contributed by atoms with Crippen molar-refractivity contribution in [2.24, 2.45) is 0 Å². The van der Waals surface area contributed by atoms with E-state index in [1.165, 1.54) is 6.07 Å². The number of carbonyl (C=O) groups excluding carboxylic acids is 4. The third-order valence-corrected chi connectivity index (χ3v) is 6.68. The average Bonchev–Trinajstić information content (AvgIpc) is 3.13. The van der Waals surface area contributed by atoms with E-state index in [1.54, 1.807) is 61.5 Å². The van der Waals surface area contributed by atoms with Gasteiger partial charge in [0, 0.05) is 30.6 Å². The SMILES string of the molecule is C=CC(=O)OCCCOc1ccc(C(=O)Oc2ccc(OCOc3ccc(OC(=O)C(=C)C)cc3)c(CCC)c2)cc1OCCCOC(=O)C=C. The number of benzene rings is 3. The molecule has 0 aliphatic heterocycles. The Balaban J connectivity index is 1.63. The molecule has 0 saturated heterocycles. The van der Waals surface area contributed by atoms with E-state index in [0.717, 1.165) is 24.1 Å². The van der Waals surface area contributed by atoms with Gasteiger partial charge >= 0.3 is 23.9 Å². The van der Waals surface area contributed by atoms with Crippen LogP contribution in [0.3, 0.4) is 0 Å². The average molecular weight is 703 g/mol. The minimum atomic E-state index is -0.625. The molecule has 0 atom stereocenters. The predicted molar refractivity (Wildman–Crippen MR) is 187 cm³/mol. The van der Waals surface area contributed by atoms with Crippen molar-refractivity contribution in [1.29, 1.82) is 0 Å². The topological polar surface area (TPSA) is 142 Å². The summed E-state index contributed by atoms with van der Waals surface area (Å²) in [5.74, 6) is 0.200. The number of carbonyl (C=O) groups is 4. The molecule has 0 aromatic heterocycles. The van der Waals surface area contributed by atoms with Crippen LogP contribution < -0.4 is 28.4 Å². The van der Waals surface area contributed by atoms with Crippen molar-refractivity contribution in [2.45, 2.75) is 39.5 Å². The lowest BCUT2D eigenvalue weighted by Gasteiger charge is -2.15. The number of ether oxygens (including phenoxy) is 8. The number of aryl methyl sites for hydroxylation is 1. The molecule has 0 amide bonds. The first kappa shape index (κ1) is 39.4. The number of hydrogen-bond donors (Lipinski definition) is 0. The van der Waals surface area contributed by atoms with Crippen LogP contribution in [0.25, 0.3) is 0 Å². The highest BCUT2D eigenvalue weighted by atomic mass is 16.7. The van der Waals surface area contributed by atoms with Crippen LogP contribution in [0.1, 0.15) is 49.0 Å². The van der Waals surface area contributed by atoms with Gasteiger partial charge in [-0.25, -0.2) is 19.2 Å². The van der Waals surface area contributed by atoms with Crippen LogP contribution in [0.2, 0.25) is 0 Å². The summed E-state index contributed by atoms with van der Waals surface area (Å²) in [6, 6.07) is 16.2. The Morgan fingerprint density at radius 1 is 0.647 bits per heavy atom. The van der Waals surface area contributed by atoms with E-state index in [2.05, 4.69) is 19.7 Å². The van der Waals surface area contributed by atoms with Crippen LogP contribution in [-0.4, -0.2) is 57.1 Å². The summed E-state index contributed by atoms with van der Waals surface area (Å²) in [6.45, 7) is 14.4. The first-order chi connectivity index (χ1) is 24.6. The smallest absolute Gasteiger partial charge is 0.343 e. The molecule has 51 heavy (non-hydrogen) atoms. The monoisotopic (exact) mass is 702 g/mol. The molecule has 0 aliphatic carbocycles. The molecule has 0 spiro atoms. The molecule has 270 valence electrons. The van der Waals surface area contributed by atoms with Gasteiger partial charge < -0.3 is 37.9 Å². The summed E-state index contributed by atoms with van der Waals surface area (Å²) >= 11 is 0. The second kappa shape index (κ2) is 21.1. The van der Waals surface area contributed by atoms with Crippen LogP contribution in [0, 0.1) is 0 Å². The van der Waals surface area contributed by atoms with E-state index in [9.17, 15) is 19.2 Å². The Hall–Kier alpha value is -6.04. The van der Waals surface area contributed by atoms with E-state index < -0.39 is 23.9 Å². The van der Waals surface area contributed by atoms with Crippen LogP contribution in [-0.2, 0) is 30.3 Å². The first-order valence-corrected chi connectivity index (χ1v) is 16.2. The van der Waals surface area contributed by atoms with Gasteiger partial charge in [-0.15, -0.1) is 0 Å². The third kappa shape index (κ3) is 13.8. The van der Waals surface area contributed by atoms with Gasteiger partial charge in [-0.2, -0.15) is 0 Å². The number of esters is 4. The van der Waals surface area contributed by atoms with E-state index in [-0.39, 0.29) is 44.5 Å². The third-order valence-electron chi connectivity index (χ3n) is 6.68. The summed E-state index contributed by atoms with van der Waals surface area (Å²) in [6.07, 6.45) is 4.41. The van der Waals surface area contributed by atoms with Crippen molar-refractivity contribution in [3.63, 3.8) is 0 Å². The molecule has 0 saturated carbocycles. The molecular formula is C39H42O12. The fraction of sp³-hybridized carbons (Fsp3) is 0.282. The molecule has 0 aliphatic rings. The van der Waals surface area contributed by atoms with Crippen LogP contribution in [0.5, 0.6) is 34.5 Å². The highest BCUT2D eigenvalue weighted by Crippen LogP contribution is 2.31. The molecule has 0 unspecified atom stereocenters. The van der Waals surface area contributed by atoms with E-state index in [4.69, 9.17) is 37.9 Å². The minimum Gasteiger partial charge on any atom is -0.490 e. The molecule has 3 rings (SSSR count). The molecule has 0 heterocycles. The summed E-state index contributed by atoms with van der Waals surface area (Å²) < 4.78 is 44.1. The highest BCUT2D eigenvalue weighted by Gasteiger charge is 2.16. The minimum absolute atomic E-state index is 0.0887. The van der Waals surface area contributed by atoms with Gasteiger partial charge in [0.25, 0.3) is 0 Å². The Labute approximate surface area is 297 Å². The standard InChI is InChI=1S/C39H42O12/c1-6-11-28-24-32(17-19-33(28)49-26-48-30-13-15-31(16-14-30)50-38(42)27(4)5)51-39(43)29-12-18-34(44-20-9-22-46-36(40)7-2)35(25-29)45-21-10-23-47-37(41)8-3/h7-8,12-19,24-25H,2-4,6,9-11,20-23,26H2,1,5H3. The predicted octanol–water partition coefficient (Wildman–Crippen LogP) is 6.75. The maximum Gasteiger partial charge on any atom is 0.343 e. The van der Waals surface area contributed by atoms with E-state index >= 15 is 0 Å². The van der Waals surface area contributed by atoms with Crippen LogP contribution in [0.4, 0.5) is 0 Å². The molecule has 0 bridgehead atoms. The van der Waals surface area contributed by atoms with Gasteiger partial charge in [0.2, 0.25) is 6.79 Å². The molecule has 12 nitrogen and oxygen atoms in total. The maximum atomic E-state index is 13.2. The molecular weight excluding hydrogens is 660 g/mol. The summed E-state index contributed by atoms with van der Waals surface area (Å²) in [5.41, 5.74) is 1.32. The molecule has 0 fully saturated rings. The Kier molecular flexibility index (Phi) is 16.3. The zero-order valence-electron chi connectivity index (χ0n) is 28.8. The van der Waals surface area contributed by atoms with Gasteiger partial charge in [-0.3, -0.25) is 0 Å². The lowest BCUT2D eigenvalue weighted by molar-refractivity contribution is -0.138. The quantitative estimate of drug-likeness (QED) is 0.0359. The van der Waals surface area contributed by atoms with E-state index in [1.807, 2.05) is 6.92 Å². The van der Waals surface area contributed by atoms with Crippen LogP contribution >= 0.6 is 0 Å². The van der Waals surface area contributed by atoms with Gasteiger partial charge in [0.15, 0.2) is 11.5 Å². The fourth-order valence-corrected chi connectivity index (χ4v) is 4.16. The fourth-order valence-electron chi connectivity index (χ4n) is 4.16. The summed E-state index contributed by atoms with van der Waals surface area (Å²) in [7, 11) is 0. The van der Waals surface area contributed by atoms with Crippen molar-refractivity contribution in [3.05, 3.63) is 109 Å². The molecule has 12 heteroatoms. The van der Waals surface area contributed by atoms with Crippen molar-refractivity contribution in [3.8, 4) is 34.5 Å². The van der Waals surface area contributed by atoms with Crippen molar-refractivity contribution >= 4 is 23.9 Å². The van der Waals surface area contributed by atoms with Gasteiger partial charge in [-0.1, -0.05) is 33.1 Å². The molecule has 0 radical (unpaired) electrons. The zero-order chi connectivity index (χ0) is 37.0. The largest absolute Gasteiger partial charge is 0.490 e. The number of rotatable bonds is 22. The van der Waals surface area contributed by atoms with Crippen molar-refractivity contribution in [2.75, 3.05) is 33.2 Å². The highest BCUT2D eigenvalue weighted by molar-refractivity contribution is 5.92.